The molecule has 0 unspecified atom stereocenters. The summed E-state index contributed by atoms with van der Waals surface area (Å²) in [4.78, 5) is 28.9. The average molecular weight is 450 g/mol. The van der Waals surface area contributed by atoms with Crippen molar-refractivity contribution in [2.75, 3.05) is 16.4 Å². The van der Waals surface area contributed by atoms with Gasteiger partial charge < -0.3 is 16.4 Å². The highest BCUT2D eigenvalue weighted by atomic mass is 32.1. The van der Waals surface area contributed by atoms with Gasteiger partial charge in [-0.15, -0.1) is 0 Å². The zero-order valence-corrected chi connectivity index (χ0v) is 17.2. The normalized spacial score (nSPS) is 10.6. The van der Waals surface area contributed by atoms with Gasteiger partial charge in [0.2, 0.25) is 5.78 Å². The number of nitrogens with two attached hydrogens (primary N) is 1. The molecule has 3 aromatic carbocycles. The molecule has 0 saturated carbocycles. The van der Waals surface area contributed by atoms with Crippen molar-refractivity contribution in [2.45, 2.75) is 0 Å². The minimum atomic E-state index is -0.971. The number of amides is 1. The summed E-state index contributed by atoms with van der Waals surface area (Å²) in [7, 11) is 0. The van der Waals surface area contributed by atoms with Crippen LogP contribution in [0.4, 0.5) is 31.1 Å². The van der Waals surface area contributed by atoms with Crippen molar-refractivity contribution in [3.63, 3.8) is 0 Å². The minimum absolute atomic E-state index is 0.0737. The summed E-state index contributed by atoms with van der Waals surface area (Å²) >= 11 is 0.878. The lowest BCUT2D eigenvalue weighted by Crippen LogP contribution is -2.11. The van der Waals surface area contributed by atoms with Crippen LogP contribution in [0.1, 0.15) is 25.6 Å². The standard InChI is InChI=1S/C23H16F2N4O2S/c24-16-7-4-8-17(25)18(16)19(30)20-21(26)29-23(32-20)28-15-11-9-13(10-12-15)22(31)27-14-5-2-1-3-6-14/h1-12H,26H2,(H,27,31)(H,28,29). The zero-order chi connectivity index (χ0) is 22.7. The molecule has 4 rings (SSSR count). The SMILES string of the molecule is Nc1nc(Nc2ccc(C(=O)Nc3ccccc3)cc2)sc1C(=O)c1c(F)cccc1F. The first kappa shape index (κ1) is 21.1. The molecule has 0 aliphatic rings. The molecular formula is C23H16F2N4O2S. The fraction of sp³-hybridized carbons (Fsp3) is 0. The Balaban J connectivity index is 1.48. The molecule has 0 bridgehead atoms. The van der Waals surface area contributed by atoms with Gasteiger partial charge in [0.25, 0.3) is 5.91 Å². The van der Waals surface area contributed by atoms with E-state index >= 15 is 0 Å². The van der Waals surface area contributed by atoms with E-state index in [1.807, 2.05) is 18.2 Å². The quantitative estimate of drug-likeness (QED) is 0.350. The summed E-state index contributed by atoms with van der Waals surface area (Å²) in [6.07, 6.45) is 0. The van der Waals surface area contributed by atoms with E-state index in [9.17, 15) is 18.4 Å². The molecule has 0 atom stereocenters. The third-order valence-electron chi connectivity index (χ3n) is 4.48. The van der Waals surface area contributed by atoms with Crippen molar-refractivity contribution in [1.29, 1.82) is 0 Å². The number of aromatic nitrogens is 1. The Morgan fingerprint density at radius 2 is 1.50 bits per heavy atom. The Kier molecular flexibility index (Phi) is 5.91. The van der Waals surface area contributed by atoms with E-state index in [4.69, 9.17) is 5.73 Å². The van der Waals surface area contributed by atoms with Gasteiger partial charge in [-0.3, -0.25) is 9.59 Å². The largest absolute Gasteiger partial charge is 0.382 e. The van der Waals surface area contributed by atoms with E-state index in [2.05, 4.69) is 15.6 Å². The molecule has 0 radical (unpaired) electrons. The van der Waals surface area contributed by atoms with Crippen LogP contribution in [0.3, 0.4) is 0 Å². The number of thiazole rings is 1. The van der Waals surface area contributed by atoms with Crippen LogP contribution in [0.2, 0.25) is 0 Å². The summed E-state index contributed by atoms with van der Waals surface area (Å²) in [5.41, 5.74) is 6.85. The van der Waals surface area contributed by atoms with Crippen molar-refractivity contribution in [3.8, 4) is 0 Å². The summed E-state index contributed by atoms with van der Waals surface area (Å²) in [6.45, 7) is 0. The molecule has 32 heavy (non-hydrogen) atoms. The first-order valence-electron chi connectivity index (χ1n) is 9.41. The molecule has 1 amide bonds. The highest BCUT2D eigenvalue weighted by Crippen LogP contribution is 2.31. The van der Waals surface area contributed by atoms with Gasteiger partial charge in [-0.2, -0.15) is 0 Å². The van der Waals surface area contributed by atoms with Gasteiger partial charge in [-0.05, 0) is 48.5 Å². The molecule has 6 nitrogen and oxygen atoms in total. The van der Waals surface area contributed by atoms with Gasteiger partial charge in [0.1, 0.15) is 22.3 Å². The Morgan fingerprint density at radius 3 is 2.16 bits per heavy atom. The number of carbonyl (C=O) groups is 2. The van der Waals surface area contributed by atoms with Crippen LogP contribution >= 0.6 is 11.3 Å². The molecule has 0 spiro atoms. The molecule has 0 aliphatic heterocycles. The molecule has 0 fully saturated rings. The number of nitrogen functional groups attached to an aromatic ring is 1. The number of carbonyl (C=O) groups excluding carboxylic acids is 2. The molecule has 1 aromatic heterocycles. The fourth-order valence-corrected chi connectivity index (χ4v) is 3.78. The second kappa shape index (κ2) is 8.94. The summed E-state index contributed by atoms with van der Waals surface area (Å²) in [5, 5.41) is 6.03. The van der Waals surface area contributed by atoms with Crippen LogP contribution in [0, 0.1) is 11.6 Å². The number of para-hydroxylation sites is 1. The topological polar surface area (TPSA) is 97.1 Å². The smallest absolute Gasteiger partial charge is 0.255 e. The highest BCUT2D eigenvalue weighted by molar-refractivity contribution is 7.18. The van der Waals surface area contributed by atoms with Crippen LogP contribution in [-0.4, -0.2) is 16.7 Å². The van der Waals surface area contributed by atoms with Crippen LogP contribution in [0.5, 0.6) is 0 Å². The highest BCUT2D eigenvalue weighted by Gasteiger charge is 2.24. The summed E-state index contributed by atoms with van der Waals surface area (Å²) < 4.78 is 27.9. The van der Waals surface area contributed by atoms with Gasteiger partial charge in [0.15, 0.2) is 5.13 Å². The van der Waals surface area contributed by atoms with Gasteiger partial charge in [-0.25, -0.2) is 13.8 Å². The minimum Gasteiger partial charge on any atom is -0.382 e. The number of halogens is 2. The van der Waals surface area contributed by atoms with E-state index in [1.54, 1.807) is 36.4 Å². The van der Waals surface area contributed by atoms with E-state index in [0.717, 1.165) is 23.5 Å². The van der Waals surface area contributed by atoms with E-state index in [-0.39, 0.29) is 21.7 Å². The Morgan fingerprint density at radius 1 is 0.844 bits per heavy atom. The van der Waals surface area contributed by atoms with Gasteiger partial charge >= 0.3 is 0 Å². The predicted octanol–water partition coefficient (Wildman–Crippen LogP) is 5.23. The summed E-state index contributed by atoms with van der Waals surface area (Å²) in [6, 6.07) is 18.8. The third kappa shape index (κ3) is 4.47. The second-order valence-corrected chi connectivity index (χ2v) is 7.68. The van der Waals surface area contributed by atoms with Crippen LogP contribution in [-0.2, 0) is 0 Å². The van der Waals surface area contributed by atoms with Gasteiger partial charge in [0.05, 0.1) is 5.56 Å². The molecule has 1 heterocycles. The Labute approximate surface area is 185 Å². The average Bonchev–Trinajstić information content (AvgIpc) is 3.14. The fourth-order valence-electron chi connectivity index (χ4n) is 2.93. The maximum Gasteiger partial charge on any atom is 0.255 e. The van der Waals surface area contributed by atoms with E-state index in [0.29, 0.717) is 16.9 Å². The van der Waals surface area contributed by atoms with Gasteiger partial charge in [0, 0.05) is 16.9 Å². The van der Waals surface area contributed by atoms with Crippen LogP contribution in [0.15, 0.2) is 72.8 Å². The van der Waals surface area contributed by atoms with Crippen molar-refractivity contribution in [2.24, 2.45) is 0 Å². The molecule has 0 aliphatic carbocycles. The second-order valence-electron chi connectivity index (χ2n) is 6.68. The number of benzene rings is 3. The van der Waals surface area contributed by atoms with Crippen molar-refractivity contribution < 1.29 is 18.4 Å². The number of hydrogen-bond acceptors (Lipinski definition) is 6. The first-order chi connectivity index (χ1) is 15.4. The van der Waals surface area contributed by atoms with E-state index < -0.39 is 23.0 Å². The predicted molar refractivity (Wildman–Crippen MR) is 120 cm³/mol. The Bertz CT molecular complexity index is 1270. The van der Waals surface area contributed by atoms with Gasteiger partial charge in [-0.1, -0.05) is 35.6 Å². The van der Waals surface area contributed by atoms with E-state index in [1.165, 1.54) is 6.07 Å². The van der Waals surface area contributed by atoms with Crippen molar-refractivity contribution in [1.82, 2.24) is 4.98 Å². The molecule has 160 valence electrons. The molecular weight excluding hydrogens is 434 g/mol. The third-order valence-corrected chi connectivity index (χ3v) is 5.46. The zero-order valence-electron chi connectivity index (χ0n) is 16.4. The van der Waals surface area contributed by atoms with Crippen molar-refractivity contribution >= 4 is 45.4 Å². The number of rotatable bonds is 6. The Hall–Kier alpha value is -4.11. The summed E-state index contributed by atoms with van der Waals surface area (Å²) in [5.74, 6) is -3.22. The number of nitrogens with zero attached hydrogens (tertiary/aromatic N) is 1. The number of ketones is 1. The van der Waals surface area contributed by atoms with Crippen molar-refractivity contribution in [3.05, 3.63) is 100 Å². The molecule has 4 aromatic rings. The molecule has 4 N–H and O–H groups in total. The number of hydrogen-bond donors (Lipinski definition) is 3. The lowest BCUT2D eigenvalue weighted by Gasteiger charge is -2.06. The number of nitrogens with one attached hydrogen (secondary N) is 2. The number of anilines is 4. The van der Waals surface area contributed by atoms with Crippen LogP contribution < -0.4 is 16.4 Å². The lowest BCUT2D eigenvalue weighted by atomic mass is 10.1. The monoisotopic (exact) mass is 450 g/mol. The lowest BCUT2D eigenvalue weighted by molar-refractivity contribution is 0.102. The molecule has 0 saturated heterocycles. The first-order valence-corrected chi connectivity index (χ1v) is 10.2. The maximum absolute atomic E-state index is 13.9. The van der Waals surface area contributed by atoms with Crippen LogP contribution in [0.25, 0.3) is 0 Å². The maximum atomic E-state index is 13.9. The molecule has 9 heteroatoms.